The van der Waals surface area contributed by atoms with Gasteiger partial charge in [0, 0.05) is 16.2 Å². The molecule has 20 heavy (non-hydrogen) atoms. The first kappa shape index (κ1) is 17.3. The molecule has 0 saturated carbocycles. The van der Waals surface area contributed by atoms with Crippen molar-refractivity contribution in [3.8, 4) is 5.75 Å². The van der Waals surface area contributed by atoms with E-state index in [1.807, 2.05) is 6.07 Å². The molecule has 1 rings (SSSR count). The Morgan fingerprint density at radius 3 is 2.15 bits per heavy atom. The molecule has 0 aliphatic carbocycles. The van der Waals surface area contributed by atoms with Crippen molar-refractivity contribution < 1.29 is 13.5 Å². The van der Waals surface area contributed by atoms with Crippen LogP contribution in [0.2, 0.25) is 0 Å². The van der Waals surface area contributed by atoms with Gasteiger partial charge in [0.05, 0.1) is 5.75 Å². The second-order valence-corrected chi connectivity index (χ2v) is 9.92. The smallest absolute Gasteiger partial charge is 0.236 e. The maximum absolute atomic E-state index is 11.2. The Balaban J connectivity index is 3.18. The van der Waals surface area contributed by atoms with E-state index in [2.05, 4.69) is 34.6 Å². The van der Waals surface area contributed by atoms with Crippen molar-refractivity contribution in [2.45, 2.75) is 52.2 Å². The summed E-state index contributed by atoms with van der Waals surface area (Å²) in [5.41, 5.74) is 1.39. The molecule has 0 aromatic heterocycles. The van der Waals surface area contributed by atoms with E-state index in [4.69, 9.17) is 10.7 Å². The Bertz CT molecular complexity index is 584. The molecule has 0 saturated heterocycles. The van der Waals surface area contributed by atoms with Gasteiger partial charge in [-0.05, 0) is 28.9 Å². The third-order valence-corrected chi connectivity index (χ3v) is 4.14. The lowest BCUT2D eigenvalue weighted by atomic mass is 9.72. The predicted molar refractivity (Wildman–Crippen MR) is 83.7 cm³/mol. The van der Waals surface area contributed by atoms with E-state index in [1.165, 1.54) is 6.07 Å². The number of aromatic hydroxyl groups is 1. The first-order valence-electron chi connectivity index (χ1n) is 6.55. The van der Waals surface area contributed by atoms with Gasteiger partial charge < -0.3 is 5.11 Å². The molecule has 114 valence electrons. The van der Waals surface area contributed by atoms with Gasteiger partial charge in [-0.15, -0.1) is 0 Å². The Hall–Kier alpha value is -0.740. The highest BCUT2D eigenvalue weighted by Crippen LogP contribution is 2.37. The van der Waals surface area contributed by atoms with E-state index in [0.717, 1.165) is 12.0 Å². The third kappa shape index (κ3) is 5.33. The number of phenols is 1. The summed E-state index contributed by atoms with van der Waals surface area (Å²) in [4.78, 5) is 0. The molecule has 0 heterocycles. The Morgan fingerprint density at radius 1 is 1.15 bits per heavy atom. The summed E-state index contributed by atoms with van der Waals surface area (Å²) in [6, 6.07) is 5.11. The topological polar surface area (TPSA) is 54.4 Å². The summed E-state index contributed by atoms with van der Waals surface area (Å²) < 4.78 is 22.4. The minimum atomic E-state index is -3.68. The number of phenolic OH excluding ortho intramolecular Hbond substituents is 1. The lowest BCUT2D eigenvalue weighted by Gasteiger charge is -2.33. The molecule has 0 aliphatic rings. The predicted octanol–water partition coefficient (Wildman–Crippen LogP) is 4.17. The molecule has 1 N–H and O–H groups in total. The maximum atomic E-state index is 11.2. The molecule has 0 atom stereocenters. The molecule has 0 amide bonds. The molecule has 1 aromatic carbocycles. The van der Waals surface area contributed by atoms with Gasteiger partial charge in [0.1, 0.15) is 5.75 Å². The number of benzene rings is 1. The Labute approximate surface area is 126 Å². The van der Waals surface area contributed by atoms with Gasteiger partial charge >= 0.3 is 0 Å². The molecule has 5 heteroatoms. The first-order chi connectivity index (χ1) is 8.80. The maximum Gasteiger partial charge on any atom is 0.236 e. The molecule has 0 spiro atoms. The Morgan fingerprint density at radius 2 is 1.70 bits per heavy atom. The molecular weight excluding hydrogens is 296 g/mol. The summed E-state index contributed by atoms with van der Waals surface area (Å²) >= 11 is 0. The molecule has 0 aliphatic heterocycles. The van der Waals surface area contributed by atoms with E-state index in [9.17, 15) is 13.5 Å². The van der Waals surface area contributed by atoms with Crippen LogP contribution in [0.4, 0.5) is 0 Å². The summed E-state index contributed by atoms with van der Waals surface area (Å²) in [5, 5.41) is 9.77. The fourth-order valence-electron chi connectivity index (χ4n) is 2.74. The van der Waals surface area contributed by atoms with Crippen LogP contribution >= 0.6 is 10.7 Å². The summed E-state index contributed by atoms with van der Waals surface area (Å²) in [6.45, 7) is 10.7. The van der Waals surface area contributed by atoms with E-state index < -0.39 is 9.05 Å². The fourth-order valence-corrected chi connectivity index (χ4v) is 3.69. The van der Waals surface area contributed by atoms with Crippen molar-refractivity contribution in [3.05, 3.63) is 29.3 Å². The molecule has 0 radical (unpaired) electrons. The van der Waals surface area contributed by atoms with Gasteiger partial charge in [0.25, 0.3) is 0 Å². The number of hydrogen-bond donors (Lipinski definition) is 1. The highest BCUT2D eigenvalue weighted by molar-refractivity contribution is 8.13. The van der Waals surface area contributed by atoms with E-state index in [1.54, 1.807) is 6.07 Å². The number of rotatable bonds is 4. The second kappa shape index (κ2) is 5.57. The first-order valence-corrected chi connectivity index (χ1v) is 9.03. The zero-order chi connectivity index (χ0) is 15.8. The van der Waals surface area contributed by atoms with Crippen molar-refractivity contribution in [2.75, 3.05) is 0 Å². The van der Waals surface area contributed by atoms with Gasteiger partial charge in [-0.1, -0.05) is 46.8 Å². The molecule has 3 nitrogen and oxygen atoms in total. The van der Waals surface area contributed by atoms with Gasteiger partial charge in [-0.25, -0.2) is 8.42 Å². The van der Waals surface area contributed by atoms with Crippen LogP contribution in [-0.4, -0.2) is 13.5 Å². The average molecular weight is 319 g/mol. The van der Waals surface area contributed by atoms with Crippen LogP contribution in [0.15, 0.2) is 18.2 Å². The summed E-state index contributed by atoms with van der Waals surface area (Å²) in [5.74, 6) is -0.399. The highest BCUT2D eigenvalue weighted by atomic mass is 35.7. The lowest BCUT2D eigenvalue weighted by molar-refractivity contribution is 0.284. The van der Waals surface area contributed by atoms with Gasteiger partial charge in [-0.2, -0.15) is 0 Å². The lowest BCUT2D eigenvalue weighted by Crippen LogP contribution is -2.25. The highest BCUT2D eigenvalue weighted by Gasteiger charge is 2.28. The zero-order valence-electron chi connectivity index (χ0n) is 12.7. The quantitative estimate of drug-likeness (QED) is 0.847. The zero-order valence-corrected chi connectivity index (χ0v) is 14.3. The van der Waals surface area contributed by atoms with Gasteiger partial charge in [0.2, 0.25) is 9.05 Å². The van der Waals surface area contributed by atoms with Crippen LogP contribution in [0.3, 0.4) is 0 Å². The molecule has 0 bridgehead atoms. The largest absolute Gasteiger partial charge is 0.508 e. The van der Waals surface area contributed by atoms with Crippen LogP contribution in [0.5, 0.6) is 5.75 Å². The normalized spacial score (nSPS) is 13.5. The molecule has 1 aromatic rings. The SMILES string of the molecule is CC(C)(C)CC(C)(C)c1ccc(O)c(CS(=O)(=O)Cl)c1. The van der Waals surface area contributed by atoms with E-state index in [-0.39, 0.29) is 22.3 Å². The Kier molecular flexibility index (Phi) is 4.82. The van der Waals surface area contributed by atoms with Crippen molar-refractivity contribution in [2.24, 2.45) is 5.41 Å². The van der Waals surface area contributed by atoms with Crippen molar-refractivity contribution in [3.63, 3.8) is 0 Å². The molecular formula is C15H23ClO3S. The monoisotopic (exact) mass is 318 g/mol. The standard InChI is InChI=1S/C15H23ClO3S/c1-14(2,3)10-15(4,5)12-6-7-13(17)11(8-12)9-20(16,18)19/h6-8,17H,9-10H2,1-5H3. The average Bonchev–Trinajstić information content (AvgIpc) is 2.15. The van der Waals surface area contributed by atoms with Crippen LogP contribution in [0.1, 0.15) is 52.2 Å². The van der Waals surface area contributed by atoms with Crippen molar-refractivity contribution in [1.82, 2.24) is 0 Å². The minimum Gasteiger partial charge on any atom is -0.508 e. The number of halogens is 1. The summed E-state index contributed by atoms with van der Waals surface area (Å²) in [7, 11) is 1.59. The summed E-state index contributed by atoms with van der Waals surface area (Å²) in [6.07, 6.45) is 0.942. The fraction of sp³-hybridized carbons (Fsp3) is 0.600. The van der Waals surface area contributed by atoms with Crippen molar-refractivity contribution in [1.29, 1.82) is 0 Å². The van der Waals surface area contributed by atoms with Gasteiger partial charge in [-0.3, -0.25) is 0 Å². The minimum absolute atomic E-state index is 0.0375. The molecule has 0 unspecified atom stereocenters. The number of hydrogen-bond acceptors (Lipinski definition) is 3. The van der Waals surface area contributed by atoms with Crippen LogP contribution < -0.4 is 0 Å². The van der Waals surface area contributed by atoms with Crippen LogP contribution in [-0.2, 0) is 20.2 Å². The molecule has 0 fully saturated rings. The van der Waals surface area contributed by atoms with Crippen LogP contribution in [0, 0.1) is 5.41 Å². The van der Waals surface area contributed by atoms with Gasteiger partial charge in [0.15, 0.2) is 0 Å². The second-order valence-electron chi connectivity index (χ2n) is 7.15. The van der Waals surface area contributed by atoms with Crippen molar-refractivity contribution >= 4 is 19.7 Å². The van der Waals surface area contributed by atoms with E-state index >= 15 is 0 Å². The third-order valence-electron chi connectivity index (χ3n) is 3.16. The van der Waals surface area contributed by atoms with Crippen LogP contribution in [0.25, 0.3) is 0 Å². The van der Waals surface area contributed by atoms with E-state index in [0.29, 0.717) is 5.56 Å².